The molecule has 0 aliphatic heterocycles. The Morgan fingerprint density at radius 1 is 1.29 bits per heavy atom. The number of allylic oxidation sites excluding steroid dienone is 1. The molecule has 1 aliphatic carbocycles. The van der Waals surface area contributed by atoms with Gasteiger partial charge in [-0.05, 0) is 45.1 Å². The largest absolute Gasteiger partial charge is 0.319 e. The molecular formula is C12H22FN. The van der Waals surface area contributed by atoms with Gasteiger partial charge < -0.3 is 5.32 Å². The van der Waals surface area contributed by atoms with E-state index in [4.69, 9.17) is 0 Å². The van der Waals surface area contributed by atoms with Gasteiger partial charge in [-0.2, -0.15) is 0 Å². The quantitative estimate of drug-likeness (QED) is 0.674. The highest BCUT2D eigenvalue weighted by molar-refractivity contribution is 5.02. The third-order valence-electron chi connectivity index (χ3n) is 3.15. The van der Waals surface area contributed by atoms with Gasteiger partial charge in [0, 0.05) is 6.54 Å². The Kier molecular flexibility index (Phi) is 3.71. The summed E-state index contributed by atoms with van der Waals surface area (Å²) >= 11 is 0. The van der Waals surface area contributed by atoms with Crippen molar-refractivity contribution < 1.29 is 4.39 Å². The highest BCUT2D eigenvalue weighted by Gasteiger charge is 2.29. The highest BCUT2D eigenvalue weighted by Crippen LogP contribution is 2.34. The molecule has 0 fully saturated rings. The zero-order valence-electron chi connectivity index (χ0n) is 9.57. The standard InChI is InChI=1S/C12H22FN/c1-11(10-14-3)6-4-5-7-12(2,13)9-8-11/h4,6,14H,5,7-10H2,1-3H3. The first kappa shape index (κ1) is 11.7. The van der Waals surface area contributed by atoms with Crippen LogP contribution in [0.15, 0.2) is 12.2 Å². The van der Waals surface area contributed by atoms with Crippen LogP contribution in [-0.2, 0) is 0 Å². The normalized spacial score (nSPS) is 39.1. The molecule has 1 N–H and O–H groups in total. The van der Waals surface area contributed by atoms with Crippen molar-refractivity contribution in [3.63, 3.8) is 0 Å². The zero-order valence-corrected chi connectivity index (χ0v) is 9.57. The van der Waals surface area contributed by atoms with Crippen LogP contribution in [0.1, 0.15) is 39.5 Å². The first-order valence-electron chi connectivity index (χ1n) is 5.49. The maximum absolute atomic E-state index is 13.8. The Hall–Kier alpha value is -0.370. The summed E-state index contributed by atoms with van der Waals surface area (Å²) in [5, 5.41) is 3.18. The summed E-state index contributed by atoms with van der Waals surface area (Å²) in [6.45, 7) is 4.85. The molecule has 1 nitrogen and oxygen atoms in total. The van der Waals surface area contributed by atoms with E-state index in [1.54, 1.807) is 6.92 Å². The smallest absolute Gasteiger partial charge is 0.108 e. The lowest BCUT2D eigenvalue weighted by Crippen LogP contribution is -2.31. The van der Waals surface area contributed by atoms with Crippen LogP contribution in [0.4, 0.5) is 4.39 Å². The molecule has 2 unspecified atom stereocenters. The summed E-state index contributed by atoms with van der Waals surface area (Å²) in [5.74, 6) is 0. The highest BCUT2D eigenvalue weighted by atomic mass is 19.1. The van der Waals surface area contributed by atoms with E-state index in [0.717, 1.165) is 19.4 Å². The van der Waals surface area contributed by atoms with Gasteiger partial charge in [-0.25, -0.2) is 4.39 Å². The Balaban J connectivity index is 2.66. The van der Waals surface area contributed by atoms with E-state index in [0.29, 0.717) is 12.8 Å². The number of alkyl halides is 1. The molecule has 1 rings (SSSR count). The van der Waals surface area contributed by atoms with Crippen LogP contribution in [-0.4, -0.2) is 19.3 Å². The lowest BCUT2D eigenvalue weighted by molar-refractivity contribution is 0.137. The van der Waals surface area contributed by atoms with Gasteiger partial charge >= 0.3 is 0 Å². The molecular weight excluding hydrogens is 177 g/mol. The molecule has 0 heterocycles. The third-order valence-corrected chi connectivity index (χ3v) is 3.15. The number of rotatable bonds is 2. The molecule has 0 amide bonds. The molecule has 0 aromatic heterocycles. The summed E-state index contributed by atoms with van der Waals surface area (Å²) in [5.41, 5.74) is -0.845. The van der Waals surface area contributed by atoms with Crippen LogP contribution in [0.3, 0.4) is 0 Å². The predicted molar refractivity (Wildman–Crippen MR) is 59.2 cm³/mol. The van der Waals surface area contributed by atoms with E-state index in [1.165, 1.54) is 0 Å². The Morgan fingerprint density at radius 2 is 2.00 bits per heavy atom. The summed E-state index contributed by atoms with van der Waals surface area (Å²) in [6.07, 6.45) is 7.52. The molecule has 0 saturated heterocycles. The second kappa shape index (κ2) is 4.43. The van der Waals surface area contributed by atoms with Crippen LogP contribution >= 0.6 is 0 Å². The molecule has 2 heteroatoms. The monoisotopic (exact) mass is 199 g/mol. The van der Waals surface area contributed by atoms with Crippen molar-refractivity contribution in [3.8, 4) is 0 Å². The van der Waals surface area contributed by atoms with E-state index in [9.17, 15) is 4.39 Å². The van der Waals surface area contributed by atoms with Crippen LogP contribution in [0, 0.1) is 5.41 Å². The molecule has 82 valence electrons. The van der Waals surface area contributed by atoms with Crippen molar-refractivity contribution in [2.75, 3.05) is 13.6 Å². The first-order chi connectivity index (χ1) is 6.47. The van der Waals surface area contributed by atoms with Crippen molar-refractivity contribution in [1.82, 2.24) is 5.32 Å². The fourth-order valence-electron chi connectivity index (χ4n) is 2.06. The fourth-order valence-corrected chi connectivity index (χ4v) is 2.06. The van der Waals surface area contributed by atoms with Gasteiger partial charge in [0.2, 0.25) is 0 Å². The maximum atomic E-state index is 13.8. The van der Waals surface area contributed by atoms with Crippen molar-refractivity contribution >= 4 is 0 Å². The minimum Gasteiger partial charge on any atom is -0.319 e. The number of halogens is 1. The van der Waals surface area contributed by atoms with E-state index in [1.807, 2.05) is 7.05 Å². The maximum Gasteiger partial charge on any atom is 0.108 e. The first-order valence-corrected chi connectivity index (χ1v) is 5.49. The molecule has 0 radical (unpaired) electrons. The summed E-state index contributed by atoms with van der Waals surface area (Å²) in [4.78, 5) is 0. The third kappa shape index (κ3) is 3.41. The summed E-state index contributed by atoms with van der Waals surface area (Å²) in [6, 6.07) is 0. The van der Waals surface area contributed by atoms with Gasteiger partial charge in [-0.15, -0.1) is 0 Å². The minimum atomic E-state index is -0.972. The van der Waals surface area contributed by atoms with Crippen molar-refractivity contribution in [2.45, 2.75) is 45.2 Å². The second-order valence-corrected chi connectivity index (χ2v) is 5.04. The van der Waals surface area contributed by atoms with Crippen molar-refractivity contribution in [3.05, 3.63) is 12.2 Å². The molecule has 1 aliphatic rings. The number of hydrogen-bond donors (Lipinski definition) is 1. The van der Waals surface area contributed by atoms with Crippen LogP contribution in [0.2, 0.25) is 0 Å². The average molecular weight is 199 g/mol. The van der Waals surface area contributed by atoms with Gasteiger partial charge in [-0.3, -0.25) is 0 Å². The van der Waals surface area contributed by atoms with Crippen LogP contribution < -0.4 is 5.32 Å². The van der Waals surface area contributed by atoms with E-state index in [2.05, 4.69) is 24.4 Å². The average Bonchev–Trinajstić information content (AvgIpc) is 2.09. The summed E-state index contributed by atoms with van der Waals surface area (Å²) in [7, 11) is 1.95. The molecule has 0 aromatic rings. The summed E-state index contributed by atoms with van der Waals surface area (Å²) < 4.78 is 13.8. The van der Waals surface area contributed by atoms with Crippen LogP contribution in [0.25, 0.3) is 0 Å². The van der Waals surface area contributed by atoms with Crippen LogP contribution in [0.5, 0.6) is 0 Å². The molecule has 2 atom stereocenters. The van der Waals surface area contributed by atoms with Gasteiger partial charge in [0.15, 0.2) is 0 Å². The second-order valence-electron chi connectivity index (χ2n) is 5.04. The molecule has 0 aromatic carbocycles. The minimum absolute atomic E-state index is 0.127. The predicted octanol–water partition coefficient (Wildman–Crippen LogP) is 3.07. The SMILES string of the molecule is CNCC1(C)C=CCCC(C)(F)CC1. The van der Waals surface area contributed by atoms with Crippen molar-refractivity contribution in [1.29, 1.82) is 0 Å². The lowest BCUT2D eigenvalue weighted by Gasteiger charge is -2.31. The Bertz CT molecular complexity index is 210. The van der Waals surface area contributed by atoms with Gasteiger partial charge in [0.05, 0.1) is 0 Å². The van der Waals surface area contributed by atoms with E-state index in [-0.39, 0.29) is 5.41 Å². The van der Waals surface area contributed by atoms with Gasteiger partial charge in [-0.1, -0.05) is 19.1 Å². The van der Waals surface area contributed by atoms with E-state index >= 15 is 0 Å². The Labute approximate surface area is 86.8 Å². The van der Waals surface area contributed by atoms with Gasteiger partial charge in [0.25, 0.3) is 0 Å². The zero-order chi connectivity index (χ0) is 10.7. The topological polar surface area (TPSA) is 12.0 Å². The molecule has 0 saturated carbocycles. The van der Waals surface area contributed by atoms with E-state index < -0.39 is 5.67 Å². The van der Waals surface area contributed by atoms with Gasteiger partial charge in [0.1, 0.15) is 5.67 Å². The molecule has 0 spiro atoms. The van der Waals surface area contributed by atoms with Crippen molar-refractivity contribution in [2.24, 2.45) is 5.41 Å². The number of hydrogen-bond acceptors (Lipinski definition) is 1. The molecule has 14 heavy (non-hydrogen) atoms. The lowest BCUT2D eigenvalue weighted by atomic mass is 9.78. The number of nitrogens with one attached hydrogen (secondary N) is 1. The fraction of sp³-hybridized carbons (Fsp3) is 0.833. The Morgan fingerprint density at radius 3 is 2.64 bits per heavy atom. The molecule has 0 bridgehead atoms.